The van der Waals surface area contributed by atoms with Crippen LogP contribution in [0.1, 0.15) is 59.6 Å². The Morgan fingerprint density at radius 2 is 1.74 bits per heavy atom. The lowest BCUT2D eigenvalue weighted by Crippen LogP contribution is -2.48. The second-order valence-electron chi connectivity index (χ2n) is 9.82. The van der Waals surface area contributed by atoms with E-state index in [1.54, 1.807) is 18.2 Å². The van der Waals surface area contributed by atoms with Crippen LogP contribution in [0.5, 0.6) is 0 Å². The second kappa shape index (κ2) is 12.3. The highest BCUT2D eigenvalue weighted by Crippen LogP contribution is 2.22. The van der Waals surface area contributed by atoms with Gasteiger partial charge >= 0.3 is 0 Å². The van der Waals surface area contributed by atoms with E-state index in [1.165, 1.54) is 17.7 Å². The number of carbonyl (C=O) groups excluding carboxylic acids is 1. The number of amides is 1. The summed E-state index contributed by atoms with van der Waals surface area (Å²) in [6.07, 6.45) is -0.0608. The van der Waals surface area contributed by atoms with Crippen molar-refractivity contribution in [3.05, 3.63) is 100 Å². The van der Waals surface area contributed by atoms with Crippen LogP contribution in [0.4, 0.5) is 8.78 Å². The first-order chi connectivity index (χ1) is 18.2. The Morgan fingerprint density at radius 1 is 1.00 bits per heavy atom. The molecule has 0 aliphatic carbocycles. The van der Waals surface area contributed by atoms with Gasteiger partial charge in [0, 0.05) is 30.6 Å². The molecule has 1 amide bonds. The molecule has 8 heteroatoms. The minimum Gasteiger partial charge on any atom is -0.440 e. The lowest BCUT2D eigenvalue weighted by Gasteiger charge is -2.25. The summed E-state index contributed by atoms with van der Waals surface area (Å²) in [6, 6.07) is 15.5. The molecule has 0 saturated heterocycles. The first-order valence-corrected chi connectivity index (χ1v) is 12.8. The monoisotopic (exact) mass is 521 g/mol. The Hall–Kier alpha value is -3.62. The lowest BCUT2D eigenvalue weighted by molar-refractivity contribution is 0.0830. The third-order valence-corrected chi connectivity index (χ3v) is 6.40. The first-order valence-electron chi connectivity index (χ1n) is 12.8. The van der Waals surface area contributed by atoms with Gasteiger partial charge in [0.15, 0.2) is 11.5 Å². The van der Waals surface area contributed by atoms with Crippen molar-refractivity contribution in [2.45, 2.75) is 58.2 Å². The molecule has 3 aromatic carbocycles. The molecule has 2 unspecified atom stereocenters. The number of carbonyl (C=O) groups is 1. The summed E-state index contributed by atoms with van der Waals surface area (Å²) in [6.45, 7) is 6.71. The number of nitrogens with one attached hydrogen (secondary N) is 2. The standard InChI is InChI=1S/C30H33F2N3O3/c1-4-19-6-5-7-20(10-19)16-33-17-27(36)25(13-21-11-23(31)15-24(32)12-21)34-29(37)22-8-9-28-26(14-22)35-30(38-28)18(2)3/h5-12,14-15,18,25,27,33,36H,4,13,16-17H2,1-3H3,(H,34,37). The number of hydrogen-bond acceptors (Lipinski definition) is 5. The molecule has 0 bridgehead atoms. The Balaban J connectivity index is 1.49. The normalized spacial score (nSPS) is 13.1. The Bertz CT molecular complexity index is 1380. The first kappa shape index (κ1) is 27.4. The zero-order valence-corrected chi connectivity index (χ0v) is 21.8. The van der Waals surface area contributed by atoms with Crippen LogP contribution >= 0.6 is 0 Å². The van der Waals surface area contributed by atoms with Crippen LogP contribution in [0.2, 0.25) is 0 Å². The number of aromatic nitrogens is 1. The number of nitrogens with zero attached hydrogens (tertiary/aromatic N) is 1. The Kier molecular flexibility index (Phi) is 8.86. The molecule has 200 valence electrons. The summed E-state index contributed by atoms with van der Waals surface area (Å²) in [5.74, 6) is -1.19. The number of aryl methyl sites for hydroxylation is 1. The van der Waals surface area contributed by atoms with Crippen molar-refractivity contribution in [1.29, 1.82) is 0 Å². The predicted molar refractivity (Wildman–Crippen MR) is 143 cm³/mol. The van der Waals surface area contributed by atoms with Crippen LogP contribution in [0, 0.1) is 11.6 Å². The van der Waals surface area contributed by atoms with E-state index in [1.807, 2.05) is 26.0 Å². The van der Waals surface area contributed by atoms with Crippen LogP contribution in [0.3, 0.4) is 0 Å². The smallest absolute Gasteiger partial charge is 0.251 e. The molecule has 0 spiro atoms. The van der Waals surface area contributed by atoms with E-state index in [0.717, 1.165) is 18.1 Å². The van der Waals surface area contributed by atoms with E-state index < -0.39 is 29.7 Å². The summed E-state index contributed by atoms with van der Waals surface area (Å²) >= 11 is 0. The van der Waals surface area contributed by atoms with Crippen molar-refractivity contribution in [3.8, 4) is 0 Å². The van der Waals surface area contributed by atoms with Crippen LogP contribution in [0.25, 0.3) is 11.1 Å². The van der Waals surface area contributed by atoms with Crippen molar-refractivity contribution in [1.82, 2.24) is 15.6 Å². The Morgan fingerprint density at radius 3 is 2.45 bits per heavy atom. The molecule has 2 atom stereocenters. The SMILES string of the molecule is CCc1cccc(CNCC(O)C(Cc2cc(F)cc(F)c2)NC(=O)c2ccc3oc(C(C)C)nc3c2)c1. The number of fused-ring (bicyclic) bond motifs is 1. The third-order valence-electron chi connectivity index (χ3n) is 6.40. The summed E-state index contributed by atoms with van der Waals surface area (Å²) in [7, 11) is 0. The van der Waals surface area contributed by atoms with E-state index in [2.05, 4.69) is 34.7 Å². The number of hydrogen-bond donors (Lipinski definition) is 3. The highest BCUT2D eigenvalue weighted by atomic mass is 19.1. The van der Waals surface area contributed by atoms with Crippen LogP contribution in [-0.2, 0) is 19.4 Å². The highest BCUT2D eigenvalue weighted by Gasteiger charge is 2.23. The average molecular weight is 522 g/mol. The van der Waals surface area contributed by atoms with E-state index in [9.17, 15) is 18.7 Å². The second-order valence-corrected chi connectivity index (χ2v) is 9.82. The number of oxazole rings is 1. The van der Waals surface area contributed by atoms with Gasteiger partial charge in [-0.25, -0.2) is 13.8 Å². The molecule has 1 aromatic heterocycles. The Labute approximate surface area is 221 Å². The van der Waals surface area contributed by atoms with Gasteiger partial charge in [-0.1, -0.05) is 45.0 Å². The minimum absolute atomic E-state index is 0.0400. The highest BCUT2D eigenvalue weighted by molar-refractivity contribution is 5.97. The molecule has 0 radical (unpaired) electrons. The zero-order valence-electron chi connectivity index (χ0n) is 21.8. The number of rotatable bonds is 11. The molecular formula is C30H33F2N3O3. The van der Waals surface area contributed by atoms with Gasteiger partial charge in [0.2, 0.25) is 0 Å². The quantitative estimate of drug-likeness (QED) is 0.250. The molecule has 1 heterocycles. The number of aliphatic hydroxyl groups is 1. The number of aliphatic hydroxyl groups excluding tert-OH is 1. The minimum atomic E-state index is -1.03. The van der Waals surface area contributed by atoms with E-state index in [4.69, 9.17) is 4.42 Å². The predicted octanol–water partition coefficient (Wildman–Crippen LogP) is 5.28. The topological polar surface area (TPSA) is 87.4 Å². The molecule has 4 aromatic rings. The maximum Gasteiger partial charge on any atom is 0.251 e. The molecule has 4 rings (SSSR count). The van der Waals surface area contributed by atoms with Gasteiger partial charge in [-0.15, -0.1) is 0 Å². The van der Waals surface area contributed by atoms with Crippen LogP contribution in [0.15, 0.2) is 65.1 Å². The summed E-state index contributed by atoms with van der Waals surface area (Å²) in [5.41, 5.74) is 4.10. The van der Waals surface area contributed by atoms with Gasteiger partial charge < -0.3 is 20.2 Å². The average Bonchev–Trinajstić information content (AvgIpc) is 3.32. The maximum atomic E-state index is 13.8. The largest absolute Gasteiger partial charge is 0.440 e. The van der Waals surface area contributed by atoms with E-state index in [-0.39, 0.29) is 18.9 Å². The van der Waals surface area contributed by atoms with Crippen molar-refractivity contribution in [3.63, 3.8) is 0 Å². The fourth-order valence-electron chi connectivity index (χ4n) is 4.32. The lowest BCUT2D eigenvalue weighted by atomic mass is 10.00. The van der Waals surface area contributed by atoms with E-state index in [0.29, 0.717) is 34.7 Å². The summed E-state index contributed by atoms with van der Waals surface area (Å²) in [5, 5.41) is 17.1. The third kappa shape index (κ3) is 7.02. The number of benzene rings is 3. The van der Waals surface area contributed by atoms with Crippen LogP contribution in [-0.4, -0.2) is 34.7 Å². The molecule has 0 fully saturated rings. The molecule has 0 saturated carbocycles. The van der Waals surface area contributed by atoms with Gasteiger partial charge in [0.25, 0.3) is 5.91 Å². The van der Waals surface area contributed by atoms with Gasteiger partial charge in [-0.2, -0.15) is 0 Å². The zero-order chi connectivity index (χ0) is 27.2. The van der Waals surface area contributed by atoms with Gasteiger partial charge in [-0.05, 0) is 59.9 Å². The number of halogens is 2. The fourth-order valence-corrected chi connectivity index (χ4v) is 4.32. The van der Waals surface area contributed by atoms with Gasteiger partial charge in [-0.3, -0.25) is 4.79 Å². The molecule has 3 N–H and O–H groups in total. The summed E-state index contributed by atoms with van der Waals surface area (Å²) < 4.78 is 33.4. The molecule has 0 aliphatic rings. The molecular weight excluding hydrogens is 488 g/mol. The van der Waals surface area contributed by atoms with E-state index >= 15 is 0 Å². The van der Waals surface area contributed by atoms with Crippen molar-refractivity contribution in [2.24, 2.45) is 0 Å². The van der Waals surface area contributed by atoms with Crippen molar-refractivity contribution < 1.29 is 23.1 Å². The summed E-state index contributed by atoms with van der Waals surface area (Å²) in [4.78, 5) is 17.6. The van der Waals surface area contributed by atoms with Gasteiger partial charge in [0.1, 0.15) is 17.2 Å². The van der Waals surface area contributed by atoms with Crippen LogP contribution < -0.4 is 10.6 Å². The molecule has 38 heavy (non-hydrogen) atoms. The molecule has 6 nitrogen and oxygen atoms in total. The molecule has 0 aliphatic heterocycles. The van der Waals surface area contributed by atoms with Crippen molar-refractivity contribution in [2.75, 3.05) is 6.54 Å². The maximum absolute atomic E-state index is 13.8. The van der Waals surface area contributed by atoms with Crippen molar-refractivity contribution >= 4 is 17.0 Å². The van der Waals surface area contributed by atoms with Gasteiger partial charge in [0.05, 0.1) is 12.1 Å². The fraction of sp³-hybridized carbons (Fsp3) is 0.333.